The van der Waals surface area contributed by atoms with Gasteiger partial charge >= 0.3 is 11.9 Å². The monoisotopic (exact) mass is 314 g/mol. The van der Waals surface area contributed by atoms with Crippen molar-refractivity contribution in [2.75, 3.05) is 13.7 Å². The van der Waals surface area contributed by atoms with Gasteiger partial charge in [0, 0.05) is 10.9 Å². The molecule has 0 spiro atoms. The second-order valence-corrected chi connectivity index (χ2v) is 4.47. The molecule has 0 aliphatic rings. The Morgan fingerprint density at radius 2 is 2.06 bits per heavy atom. The lowest BCUT2D eigenvalue weighted by Crippen LogP contribution is -2.06. The molecule has 0 amide bonds. The Kier molecular flexibility index (Phi) is 5.85. The maximum absolute atomic E-state index is 11.4. The van der Waals surface area contributed by atoms with Crippen LogP contribution in [-0.4, -0.2) is 25.7 Å². The lowest BCUT2D eigenvalue weighted by molar-refractivity contribution is -0.143. The van der Waals surface area contributed by atoms with Crippen LogP contribution >= 0.6 is 15.9 Å². The van der Waals surface area contributed by atoms with E-state index in [0.717, 1.165) is 5.56 Å². The van der Waals surface area contributed by atoms with Crippen molar-refractivity contribution in [1.29, 1.82) is 0 Å². The summed E-state index contributed by atoms with van der Waals surface area (Å²) in [5.41, 5.74) is 1.43. The van der Waals surface area contributed by atoms with Gasteiger partial charge in [0.05, 0.1) is 19.3 Å². The predicted octanol–water partition coefficient (Wildman–Crippen LogP) is 2.73. The molecule has 0 aliphatic carbocycles. The van der Waals surface area contributed by atoms with E-state index < -0.39 is 0 Å². The Balaban J connectivity index is 2.67. The van der Waals surface area contributed by atoms with Crippen molar-refractivity contribution in [2.24, 2.45) is 0 Å². The number of rotatable bonds is 5. The predicted molar refractivity (Wildman–Crippen MR) is 70.4 cm³/mol. The molecule has 0 aliphatic heterocycles. The number of carbonyl (C=O) groups excluding carboxylic acids is 2. The van der Waals surface area contributed by atoms with E-state index in [-0.39, 0.29) is 11.9 Å². The number of carbonyl (C=O) groups is 2. The molecule has 0 saturated heterocycles. The molecule has 0 radical (unpaired) electrons. The maximum Gasteiger partial charge on any atom is 0.338 e. The van der Waals surface area contributed by atoms with E-state index in [2.05, 4.69) is 20.7 Å². The average molecular weight is 315 g/mol. The summed E-state index contributed by atoms with van der Waals surface area (Å²) in [7, 11) is 1.34. The Labute approximate surface area is 114 Å². The number of aryl methyl sites for hydroxylation is 1. The summed E-state index contributed by atoms with van der Waals surface area (Å²) in [6.07, 6.45) is 0.913. The highest BCUT2D eigenvalue weighted by Crippen LogP contribution is 2.20. The van der Waals surface area contributed by atoms with Crippen molar-refractivity contribution in [3.8, 4) is 0 Å². The molecule has 18 heavy (non-hydrogen) atoms. The second kappa shape index (κ2) is 7.16. The molecule has 0 fully saturated rings. The minimum absolute atomic E-state index is 0.217. The van der Waals surface area contributed by atoms with E-state index in [1.165, 1.54) is 7.11 Å². The standard InChI is InChI=1S/C13H15BrO4/c1-3-18-12(15)7-5-9-4-6-10(11(14)8-9)13(16)17-2/h4,6,8H,3,5,7H2,1-2H3. The molecule has 1 rings (SSSR count). The van der Waals surface area contributed by atoms with Gasteiger partial charge in [-0.3, -0.25) is 4.79 Å². The van der Waals surface area contributed by atoms with Crippen LogP contribution in [0.15, 0.2) is 22.7 Å². The van der Waals surface area contributed by atoms with Gasteiger partial charge in [0.25, 0.3) is 0 Å². The van der Waals surface area contributed by atoms with E-state index in [1.807, 2.05) is 6.07 Å². The summed E-state index contributed by atoms with van der Waals surface area (Å²) in [6.45, 7) is 2.17. The molecule has 0 aromatic heterocycles. The summed E-state index contributed by atoms with van der Waals surface area (Å²) < 4.78 is 10.2. The van der Waals surface area contributed by atoms with Crippen molar-refractivity contribution in [3.05, 3.63) is 33.8 Å². The normalized spacial score (nSPS) is 9.94. The van der Waals surface area contributed by atoms with Crippen LogP contribution in [0, 0.1) is 0 Å². The largest absolute Gasteiger partial charge is 0.466 e. The number of benzene rings is 1. The molecule has 1 aromatic carbocycles. The lowest BCUT2D eigenvalue weighted by Gasteiger charge is -2.06. The molecule has 0 atom stereocenters. The van der Waals surface area contributed by atoms with Gasteiger partial charge in [-0.1, -0.05) is 6.07 Å². The topological polar surface area (TPSA) is 52.6 Å². The zero-order valence-electron chi connectivity index (χ0n) is 10.4. The van der Waals surface area contributed by atoms with Gasteiger partial charge in [0.1, 0.15) is 0 Å². The fourth-order valence-electron chi connectivity index (χ4n) is 1.47. The van der Waals surface area contributed by atoms with Crippen molar-refractivity contribution in [1.82, 2.24) is 0 Å². The molecular formula is C13H15BrO4. The molecule has 5 heteroatoms. The van der Waals surface area contributed by atoms with Gasteiger partial charge in [-0.2, -0.15) is 0 Å². The van der Waals surface area contributed by atoms with E-state index in [1.54, 1.807) is 19.1 Å². The highest BCUT2D eigenvalue weighted by Gasteiger charge is 2.11. The summed E-state index contributed by atoms with van der Waals surface area (Å²) in [5.74, 6) is -0.607. The average Bonchev–Trinajstić information content (AvgIpc) is 2.36. The summed E-state index contributed by atoms with van der Waals surface area (Å²) in [5, 5.41) is 0. The highest BCUT2D eigenvalue weighted by atomic mass is 79.9. The quantitative estimate of drug-likeness (QED) is 0.784. The van der Waals surface area contributed by atoms with Gasteiger partial charge in [0.15, 0.2) is 0 Å². The van der Waals surface area contributed by atoms with Crippen molar-refractivity contribution < 1.29 is 19.1 Å². The highest BCUT2D eigenvalue weighted by molar-refractivity contribution is 9.10. The van der Waals surface area contributed by atoms with Gasteiger partial charge in [-0.05, 0) is 47.0 Å². The van der Waals surface area contributed by atoms with Crippen LogP contribution < -0.4 is 0 Å². The van der Waals surface area contributed by atoms with Crippen molar-refractivity contribution in [2.45, 2.75) is 19.8 Å². The van der Waals surface area contributed by atoms with Gasteiger partial charge in [0.2, 0.25) is 0 Å². The summed E-state index contributed by atoms with van der Waals surface area (Å²) in [6, 6.07) is 5.29. The van der Waals surface area contributed by atoms with Gasteiger partial charge < -0.3 is 9.47 Å². The fraction of sp³-hybridized carbons (Fsp3) is 0.385. The van der Waals surface area contributed by atoms with E-state index in [9.17, 15) is 9.59 Å². The van der Waals surface area contributed by atoms with Crippen LogP contribution in [0.2, 0.25) is 0 Å². The molecule has 0 saturated carbocycles. The number of ether oxygens (including phenoxy) is 2. The molecule has 1 aromatic rings. The van der Waals surface area contributed by atoms with Crippen LogP contribution in [0.3, 0.4) is 0 Å². The lowest BCUT2D eigenvalue weighted by atomic mass is 10.1. The van der Waals surface area contributed by atoms with Gasteiger partial charge in [-0.15, -0.1) is 0 Å². The first-order valence-corrected chi connectivity index (χ1v) is 6.40. The molecule has 0 unspecified atom stereocenters. The fourth-order valence-corrected chi connectivity index (χ4v) is 2.06. The first-order valence-electron chi connectivity index (χ1n) is 5.60. The first kappa shape index (κ1) is 14.7. The number of hydrogen-bond donors (Lipinski definition) is 0. The summed E-state index contributed by atoms with van der Waals surface area (Å²) >= 11 is 3.31. The molecule has 0 bridgehead atoms. The van der Waals surface area contributed by atoms with E-state index >= 15 is 0 Å². The van der Waals surface area contributed by atoms with Crippen LogP contribution in [0.1, 0.15) is 29.3 Å². The third-order valence-electron chi connectivity index (χ3n) is 2.36. The molecule has 0 heterocycles. The SMILES string of the molecule is CCOC(=O)CCc1ccc(C(=O)OC)c(Br)c1. The Morgan fingerprint density at radius 3 is 2.61 bits per heavy atom. The van der Waals surface area contributed by atoms with E-state index in [0.29, 0.717) is 29.5 Å². The zero-order valence-corrected chi connectivity index (χ0v) is 12.0. The van der Waals surface area contributed by atoms with Crippen LogP contribution in [-0.2, 0) is 20.7 Å². The number of esters is 2. The Bertz CT molecular complexity index is 443. The number of halogens is 1. The second-order valence-electron chi connectivity index (χ2n) is 3.61. The maximum atomic E-state index is 11.4. The van der Waals surface area contributed by atoms with Crippen LogP contribution in [0.4, 0.5) is 0 Å². The van der Waals surface area contributed by atoms with Crippen LogP contribution in [0.5, 0.6) is 0 Å². The number of hydrogen-bond acceptors (Lipinski definition) is 4. The van der Waals surface area contributed by atoms with Crippen molar-refractivity contribution in [3.63, 3.8) is 0 Å². The Hall–Kier alpha value is -1.36. The third kappa shape index (κ3) is 4.14. The smallest absolute Gasteiger partial charge is 0.338 e. The van der Waals surface area contributed by atoms with E-state index in [4.69, 9.17) is 4.74 Å². The Morgan fingerprint density at radius 1 is 1.33 bits per heavy atom. The molecular weight excluding hydrogens is 300 g/mol. The van der Waals surface area contributed by atoms with Crippen LogP contribution in [0.25, 0.3) is 0 Å². The van der Waals surface area contributed by atoms with Gasteiger partial charge in [-0.25, -0.2) is 4.79 Å². The summed E-state index contributed by atoms with van der Waals surface area (Å²) in [4.78, 5) is 22.6. The number of methoxy groups -OCH3 is 1. The minimum atomic E-state index is -0.390. The molecule has 98 valence electrons. The zero-order chi connectivity index (χ0) is 13.5. The molecule has 0 N–H and O–H groups in total. The minimum Gasteiger partial charge on any atom is -0.466 e. The first-order chi connectivity index (χ1) is 8.58. The third-order valence-corrected chi connectivity index (χ3v) is 3.02. The molecule has 4 nitrogen and oxygen atoms in total. The van der Waals surface area contributed by atoms with Crippen molar-refractivity contribution >= 4 is 27.9 Å².